The lowest BCUT2D eigenvalue weighted by atomic mass is 10.2. The van der Waals surface area contributed by atoms with Crippen LogP contribution >= 0.6 is 11.8 Å². The molecule has 27 heavy (non-hydrogen) atoms. The maximum atomic E-state index is 13.5. The Labute approximate surface area is 159 Å². The van der Waals surface area contributed by atoms with Crippen LogP contribution in [0.3, 0.4) is 0 Å². The predicted octanol–water partition coefficient (Wildman–Crippen LogP) is 3.09. The molecule has 1 aliphatic heterocycles. The number of fused-ring (bicyclic) bond motifs is 1. The molecule has 1 aliphatic rings. The van der Waals surface area contributed by atoms with E-state index >= 15 is 0 Å². The Morgan fingerprint density at radius 2 is 2.07 bits per heavy atom. The minimum Gasteiger partial charge on any atom is -0.323 e. The quantitative estimate of drug-likeness (QED) is 0.704. The SMILES string of the molecule is O=C1CN(C(=O)CSc2nccn2-c2cccc(F)c2)c2ccccc2N1. The maximum absolute atomic E-state index is 13.5. The summed E-state index contributed by atoms with van der Waals surface area (Å²) in [5.74, 6) is -0.665. The smallest absolute Gasteiger partial charge is 0.244 e. The van der Waals surface area contributed by atoms with Crippen molar-refractivity contribution in [1.82, 2.24) is 9.55 Å². The van der Waals surface area contributed by atoms with Gasteiger partial charge in [0, 0.05) is 12.4 Å². The fraction of sp³-hybridized carbons (Fsp3) is 0.105. The first-order chi connectivity index (χ1) is 13.1. The molecule has 0 atom stereocenters. The van der Waals surface area contributed by atoms with E-state index in [1.807, 2.05) is 6.07 Å². The van der Waals surface area contributed by atoms with Crippen LogP contribution in [-0.2, 0) is 9.59 Å². The molecule has 3 aromatic rings. The van der Waals surface area contributed by atoms with Crippen LogP contribution in [0, 0.1) is 5.82 Å². The van der Waals surface area contributed by atoms with E-state index in [0.29, 0.717) is 22.2 Å². The number of nitrogens with one attached hydrogen (secondary N) is 1. The van der Waals surface area contributed by atoms with Gasteiger partial charge in [0.2, 0.25) is 11.8 Å². The van der Waals surface area contributed by atoms with Crippen LogP contribution in [0.15, 0.2) is 66.1 Å². The second-order valence-electron chi connectivity index (χ2n) is 5.89. The predicted molar refractivity (Wildman–Crippen MR) is 102 cm³/mol. The second kappa shape index (κ2) is 7.24. The third-order valence-corrected chi connectivity index (χ3v) is 5.04. The minimum absolute atomic E-state index is 0.0191. The molecule has 0 spiro atoms. The van der Waals surface area contributed by atoms with E-state index in [1.54, 1.807) is 47.3 Å². The Kier molecular flexibility index (Phi) is 4.64. The standard InChI is InChI=1S/C19H15FN4O2S/c20-13-4-3-5-14(10-13)23-9-8-21-19(23)27-12-18(26)24-11-17(25)22-15-6-1-2-7-16(15)24/h1-10H,11-12H2,(H,22,25). The Balaban J connectivity index is 1.51. The number of benzene rings is 2. The molecule has 8 heteroatoms. The van der Waals surface area contributed by atoms with Gasteiger partial charge in [-0.1, -0.05) is 30.0 Å². The van der Waals surface area contributed by atoms with Gasteiger partial charge in [-0.05, 0) is 30.3 Å². The molecule has 2 heterocycles. The van der Waals surface area contributed by atoms with Crippen LogP contribution in [0.2, 0.25) is 0 Å². The van der Waals surface area contributed by atoms with Crippen molar-refractivity contribution < 1.29 is 14.0 Å². The number of anilines is 2. The summed E-state index contributed by atoms with van der Waals surface area (Å²) in [5.41, 5.74) is 1.93. The first kappa shape index (κ1) is 17.3. The van der Waals surface area contributed by atoms with Gasteiger partial charge in [-0.25, -0.2) is 9.37 Å². The maximum Gasteiger partial charge on any atom is 0.244 e. The van der Waals surface area contributed by atoms with Gasteiger partial charge in [0.25, 0.3) is 0 Å². The van der Waals surface area contributed by atoms with E-state index in [1.165, 1.54) is 28.8 Å². The highest BCUT2D eigenvalue weighted by Gasteiger charge is 2.26. The number of imidazole rings is 1. The number of amides is 2. The lowest BCUT2D eigenvalue weighted by Crippen LogP contribution is -2.43. The Bertz CT molecular complexity index is 1020. The molecule has 6 nitrogen and oxygen atoms in total. The van der Waals surface area contributed by atoms with Crippen molar-refractivity contribution in [2.45, 2.75) is 5.16 Å². The molecular weight excluding hydrogens is 367 g/mol. The highest BCUT2D eigenvalue weighted by molar-refractivity contribution is 7.99. The number of aromatic nitrogens is 2. The zero-order valence-corrected chi connectivity index (χ0v) is 14.9. The number of nitrogens with zero attached hydrogens (tertiary/aromatic N) is 3. The van der Waals surface area contributed by atoms with Crippen LogP contribution in [-0.4, -0.2) is 33.7 Å². The number of carbonyl (C=O) groups is 2. The summed E-state index contributed by atoms with van der Waals surface area (Å²) in [7, 11) is 0. The van der Waals surface area contributed by atoms with Crippen LogP contribution in [0.1, 0.15) is 0 Å². The summed E-state index contributed by atoms with van der Waals surface area (Å²) in [6.07, 6.45) is 3.31. The molecular formula is C19H15FN4O2S. The molecule has 2 aromatic carbocycles. The number of thioether (sulfide) groups is 1. The van der Waals surface area contributed by atoms with E-state index in [4.69, 9.17) is 0 Å². The van der Waals surface area contributed by atoms with Crippen LogP contribution < -0.4 is 10.2 Å². The van der Waals surface area contributed by atoms with Crippen molar-refractivity contribution in [2.75, 3.05) is 22.5 Å². The molecule has 1 aromatic heterocycles. The Morgan fingerprint density at radius 3 is 2.93 bits per heavy atom. The summed E-state index contributed by atoms with van der Waals surface area (Å²) in [6, 6.07) is 13.3. The van der Waals surface area contributed by atoms with Gasteiger partial charge < -0.3 is 10.2 Å². The van der Waals surface area contributed by atoms with Gasteiger partial charge in [-0.2, -0.15) is 0 Å². The van der Waals surface area contributed by atoms with E-state index in [-0.39, 0.29) is 29.9 Å². The molecule has 2 amide bonds. The molecule has 0 bridgehead atoms. The molecule has 136 valence electrons. The van der Waals surface area contributed by atoms with E-state index < -0.39 is 0 Å². The summed E-state index contributed by atoms with van der Waals surface area (Å²) in [6.45, 7) is -0.0191. The Morgan fingerprint density at radius 1 is 1.22 bits per heavy atom. The third-order valence-electron chi connectivity index (χ3n) is 4.09. The number of para-hydroxylation sites is 2. The van der Waals surface area contributed by atoms with Gasteiger partial charge in [-0.15, -0.1) is 0 Å². The molecule has 0 radical (unpaired) electrons. The van der Waals surface area contributed by atoms with E-state index in [9.17, 15) is 14.0 Å². The zero-order chi connectivity index (χ0) is 18.8. The third kappa shape index (κ3) is 3.56. The molecule has 4 rings (SSSR count). The van der Waals surface area contributed by atoms with Gasteiger partial charge in [0.05, 0.1) is 22.8 Å². The average molecular weight is 382 g/mol. The van der Waals surface area contributed by atoms with Crippen molar-refractivity contribution in [3.05, 3.63) is 66.7 Å². The highest BCUT2D eigenvalue weighted by atomic mass is 32.2. The molecule has 1 N–H and O–H groups in total. The lowest BCUT2D eigenvalue weighted by molar-refractivity contribution is -0.120. The first-order valence-electron chi connectivity index (χ1n) is 8.23. The molecule has 0 fully saturated rings. The van der Waals surface area contributed by atoms with Crippen LogP contribution in [0.25, 0.3) is 5.69 Å². The lowest BCUT2D eigenvalue weighted by Gasteiger charge is -2.29. The first-order valence-corrected chi connectivity index (χ1v) is 9.22. The fourth-order valence-corrected chi connectivity index (χ4v) is 3.73. The van der Waals surface area contributed by atoms with Crippen molar-refractivity contribution in [1.29, 1.82) is 0 Å². The molecule has 0 saturated heterocycles. The summed E-state index contributed by atoms with van der Waals surface area (Å²) in [5, 5.41) is 3.33. The number of hydrogen-bond donors (Lipinski definition) is 1. The van der Waals surface area contributed by atoms with Gasteiger partial charge in [0.15, 0.2) is 5.16 Å². The number of rotatable bonds is 4. The fourth-order valence-electron chi connectivity index (χ4n) is 2.88. The van der Waals surface area contributed by atoms with Crippen LogP contribution in [0.4, 0.5) is 15.8 Å². The van der Waals surface area contributed by atoms with E-state index in [0.717, 1.165) is 0 Å². The van der Waals surface area contributed by atoms with Crippen molar-refractivity contribution in [3.8, 4) is 5.69 Å². The Hall–Kier alpha value is -3.13. The normalized spacial score (nSPS) is 13.2. The van der Waals surface area contributed by atoms with Gasteiger partial charge in [0.1, 0.15) is 12.4 Å². The van der Waals surface area contributed by atoms with Crippen molar-refractivity contribution in [3.63, 3.8) is 0 Å². The molecule has 0 saturated carbocycles. The summed E-state index contributed by atoms with van der Waals surface area (Å²) in [4.78, 5) is 30.3. The number of hydrogen-bond acceptors (Lipinski definition) is 4. The second-order valence-corrected chi connectivity index (χ2v) is 6.84. The highest BCUT2D eigenvalue weighted by Crippen LogP contribution is 2.30. The molecule has 0 aliphatic carbocycles. The largest absolute Gasteiger partial charge is 0.323 e. The minimum atomic E-state index is -0.343. The molecule has 0 unspecified atom stereocenters. The summed E-state index contributed by atoms with van der Waals surface area (Å²) >= 11 is 1.24. The van der Waals surface area contributed by atoms with Gasteiger partial charge in [-0.3, -0.25) is 14.2 Å². The number of halogens is 1. The van der Waals surface area contributed by atoms with Crippen molar-refractivity contribution >= 4 is 35.0 Å². The number of carbonyl (C=O) groups excluding carboxylic acids is 2. The topological polar surface area (TPSA) is 67.2 Å². The van der Waals surface area contributed by atoms with E-state index in [2.05, 4.69) is 10.3 Å². The van der Waals surface area contributed by atoms with Gasteiger partial charge >= 0.3 is 0 Å². The monoisotopic (exact) mass is 382 g/mol. The summed E-state index contributed by atoms with van der Waals surface area (Å²) < 4.78 is 15.2. The average Bonchev–Trinajstić information content (AvgIpc) is 3.14. The van der Waals surface area contributed by atoms with Crippen molar-refractivity contribution in [2.24, 2.45) is 0 Å². The zero-order valence-electron chi connectivity index (χ0n) is 14.1. The van der Waals surface area contributed by atoms with Crippen LogP contribution in [0.5, 0.6) is 0 Å².